The fourth-order valence-electron chi connectivity index (χ4n) is 3.28. The van der Waals surface area contributed by atoms with Crippen LogP contribution in [0.2, 0.25) is 0 Å². The number of amides is 1. The van der Waals surface area contributed by atoms with Gasteiger partial charge in [-0.15, -0.1) is 0 Å². The van der Waals surface area contributed by atoms with Crippen molar-refractivity contribution >= 4 is 17.6 Å². The van der Waals surface area contributed by atoms with E-state index in [9.17, 15) is 9.59 Å². The number of esters is 1. The highest BCUT2D eigenvalue weighted by Crippen LogP contribution is 2.24. The van der Waals surface area contributed by atoms with Crippen LogP contribution in [-0.4, -0.2) is 42.5 Å². The number of anilines is 1. The smallest absolute Gasteiger partial charge is 0.323 e. The Morgan fingerprint density at radius 3 is 2.38 bits per heavy atom. The van der Waals surface area contributed by atoms with Crippen molar-refractivity contribution in [1.82, 2.24) is 4.90 Å². The van der Waals surface area contributed by atoms with Crippen molar-refractivity contribution < 1.29 is 14.3 Å². The fourth-order valence-corrected chi connectivity index (χ4v) is 3.28. The summed E-state index contributed by atoms with van der Waals surface area (Å²) in [5.74, 6) is 0.105. The number of nitrogens with one attached hydrogen (secondary N) is 1. The first kappa shape index (κ1) is 18.5. The molecule has 5 heteroatoms. The van der Waals surface area contributed by atoms with Crippen molar-refractivity contribution in [1.29, 1.82) is 0 Å². The molecular formula is C19H28N2O3. The van der Waals surface area contributed by atoms with Crippen LogP contribution in [0.15, 0.2) is 30.3 Å². The van der Waals surface area contributed by atoms with Gasteiger partial charge in [0.25, 0.3) is 0 Å². The summed E-state index contributed by atoms with van der Waals surface area (Å²) in [5.41, 5.74) is 0.830. The number of carbonyl (C=O) groups is 2. The van der Waals surface area contributed by atoms with Gasteiger partial charge >= 0.3 is 5.97 Å². The van der Waals surface area contributed by atoms with Crippen LogP contribution in [0, 0.1) is 11.8 Å². The highest BCUT2D eigenvalue weighted by Gasteiger charge is 2.34. The predicted molar refractivity (Wildman–Crippen MR) is 94.6 cm³/mol. The number of rotatable bonds is 6. The quantitative estimate of drug-likeness (QED) is 0.814. The second-order valence-corrected chi connectivity index (χ2v) is 6.61. The number of likely N-dealkylation sites (tertiary alicyclic amines) is 1. The van der Waals surface area contributed by atoms with Gasteiger partial charge in [-0.25, -0.2) is 0 Å². The SMILES string of the molecule is CCOC(=O)C(C(C)C)N1CCC(C(=O)Nc2ccccc2)CC1. The molecule has 1 N–H and O–H groups in total. The van der Waals surface area contributed by atoms with Crippen molar-refractivity contribution in [2.75, 3.05) is 25.0 Å². The number of hydrogen-bond donors (Lipinski definition) is 1. The zero-order chi connectivity index (χ0) is 17.5. The van der Waals surface area contributed by atoms with Gasteiger partial charge in [-0.2, -0.15) is 0 Å². The van der Waals surface area contributed by atoms with E-state index < -0.39 is 0 Å². The maximum atomic E-state index is 12.4. The molecule has 1 aliphatic rings. The third-order valence-corrected chi connectivity index (χ3v) is 4.49. The molecule has 2 rings (SSSR count). The van der Waals surface area contributed by atoms with Crippen LogP contribution >= 0.6 is 0 Å². The minimum atomic E-state index is -0.219. The molecule has 1 saturated heterocycles. The van der Waals surface area contributed by atoms with Crippen molar-refractivity contribution in [2.24, 2.45) is 11.8 Å². The second-order valence-electron chi connectivity index (χ2n) is 6.61. The molecule has 0 spiro atoms. The Morgan fingerprint density at radius 2 is 1.83 bits per heavy atom. The van der Waals surface area contributed by atoms with Crippen LogP contribution in [0.3, 0.4) is 0 Å². The highest BCUT2D eigenvalue weighted by molar-refractivity contribution is 5.92. The van der Waals surface area contributed by atoms with Gasteiger partial charge in [0.1, 0.15) is 6.04 Å². The first-order valence-corrected chi connectivity index (χ1v) is 8.79. The summed E-state index contributed by atoms with van der Waals surface area (Å²) < 4.78 is 5.21. The second kappa shape index (κ2) is 8.83. The Bertz CT molecular complexity index is 537. The Hall–Kier alpha value is -1.88. The summed E-state index contributed by atoms with van der Waals surface area (Å²) in [6.45, 7) is 7.79. The van der Waals surface area contributed by atoms with E-state index in [4.69, 9.17) is 4.74 Å². The van der Waals surface area contributed by atoms with Gasteiger partial charge in [0.05, 0.1) is 6.61 Å². The maximum Gasteiger partial charge on any atom is 0.323 e. The molecule has 1 aromatic rings. The maximum absolute atomic E-state index is 12.4. The number of hydrogen-bond acceptors (Lipinski definition) is 4. The Labute approximate surface area is 144 Å². The van der Waals surface area contributed by atoms with Gasteiger partial charge in [-0.3, -0.25) is 14.5 Å². The van der Waals surface area contributed by atoms with E-state index in [2.05, 4.69) is 10.2 Å². The molecule has 132 valence electrons. The molecule has 0 saturated carbocycles. The van der Waals surface area contributed by atoms with E-state index >= 15 is 0 Å². The Balaban J connectivity index is 1.89. The molecule has 0 radical (unpaired) electrons. The van der Waals surface area contributed by atoms with Crippen LogP contribution in [0.5, 0.6) is 0 Å². The minimum Gasteiger partial charge on any atom is -0.465 e. The average Bonchev–Trinajstić information content (AvgIpc) is 2.56. The van der Waals surface area contributed by atoms with E-state index in [-0.39, 0.29) is 29.8 Å². The molecule has 1 aliphatic heterocycles. The van der Waals surface area contributed by atoms with Gasteiger partial charge in [0.15, 0.2) is 0 Å². The molecule has 24 heavy (non-hydrogen) atoms. The topological polar surface area (TPSA) is 58.6 Å². The molecule has 0 aliphatic carbocycles. The van der Waals surface area contributed by atoms with Gasteiger partial charge < -0.3 is 10.1 Å². The lowest BCUT2D eigenvalue weighted by atomic mass is 9.92. The summed E-state index contributed by atoms with van der Waals surface area (Å²) in [6.07, 6.45) is 1.53. The number of carbonyl (C=O) groups excluding carboxylic acids is 2. The van der Waals surface area contributed by atoms with Gasteiger partial charge in [0.2, 0.25) is 5.91 Å². The normalized spacial score (nSPS) is 17.5. The van der Waals surface area contributed by atoms with Gasteiger partial charge in [-0.05, 0) is 50.9 Å². The molecule has 1 unspecified atom stereocenters. The van der Waals surface area contributed by atoms with E-state index in [1.165, 1.54) is 0 Å². The first-order chi connectivity index (χ1) is 11.5. The van der Waals surface area contributed by atoms with Crippen LogP contribution in [0.4, 0.5) is 5.69 Å². The lowest BCUT2D eigenvalue weighted by molar-refractivity contribution is -0.152. The standard InChI is InChI=1S/C19H28N2O3/c1-4-24-19(23)17(14(2)3)21-12-10-15(11-13-21)18(22)20-16-8-6-5-7-9-16/h5-9,14-15,17H,4,10-13H2,1-3H3,(H,20,22). The Morgan fingerprint density at radius 1 is 1.21 bits per heavy atom. The zero-order valence-corrected chi connectivity index (χ0v) is 14.8. The lowest BCUT2D eigenvalue weighted by Crippen LogP contribution is -2.50. The molecule has 1 aromatic carbocycles. The van der Waals surface area contributed by atoms with Crippen molar-refractivity contribution in [3.05, 3.63) is 30.3 Å². The molecule has 1 atom stereocenters. The molecule has 0 bridgehead atoms. The van der Waals surface area contributed by atoms with Crippen LogP contribution < -0.4 is 5.32 Å². The summed E-state index contributed by atoms with van der Waals surface area (Å²) in [4.78, 5) is 26.8. The summed E-state index contributed by atoms with van der Waals surface area (Å²) >= 11 is 0. The van der Waals surface area contributed by atoms with Crippen molar-refractivity contribution in [3.63, 3.8) is 0 Å². The highest BCUT2D eigenvalue weighted by atomic mass is 16.5. The van der Waals surface area contributed by atoms with E-state index in [0.717, 1.165) is 31.6 Å². The number of nitrogens with zero attached hydrogens (tertiary/aromatic N) is 1. The third kappa shape index (κ3) is 4.81. The van der Waals surface area contributed by atoms with Crippen LogP contribution in [0.1, 0.15) is 33.6 Å². The summed E-state index contributed by atoms with van der Waals surface area (Å²) in [6, 6.07) is 9.30. The summed E-state index contributed by atoms with van der Waals surface area (Å²) in [7, 11) is 0. The monoisotopic (exact) mass is 332 g/mol. The zero-order valence-electron chi connectivity index (χ0n) is 14.8. The first-order valence-electron chi connectivity index (χ1n) is 8.79. The van der Waals surface area contributed by atoms with Crippen LogP contribution in [-0.2, 0) is 14.3 Å². The third-order valence-electron chi connectivity index (χ3n) is 4.49. The van der Waals surface area contributed by atoms with Gasteiger partial charge in [0, 0.05) is 11.6 Å². The summed E-state index contributed by atoms with van der Waals surface area (Å²) in [5, 5.41) is 2.97. The van der Waals surface area contributed by atoms with E-state index in [1.54, 1.807) is 0 Å². The predicted octanol–water partition coefficient (Wildman–Crippen LogP) is 2.92. The molecule has 1 amide bonds. The molecule has 5 nitrogen and oxygen atoms in total. The molecular weight excluding hydrogens is 304 g/mol. The van der Waals surface area contributed by atoms with E-state index in [0.29, 0.717) is 6.61 Å². The number of piperidine rings is 1. The fraction of sp³-hybridized carbons (Fsp3) is 0.579. The minimum absolute atomic E-state index is 0.00327. The van der Waals surface area contributed by atoms with Crippen LogP contribution in [0.25, 0.3) is 0 Å². The van der Waals surface area contributed by atoms with E-state index in [1.807, 2.05) is 51.1 Å². The number of benzene rings is 1. The lowest BCUT2D eigenvalue weighted by Gasteiger charge is -2.37. The van der Waals surface area contributed by atoms with Crippen molar-refractivity contribution in [2.45, 2.75) is 39.7 Å². The largest absolute Gasteiger partial charge is 0.465 e. The van der Waals surface area contributed by atoms with Crippen molar-refractivity contribution in [3.8, 4) is 0 Å². The van der Waals surface area contributed by atoms with Gasteiger partial charge in [-0.1, -0.05) is 32.0 Å². The molecule has 1 fully saturated rings. The Kier molecular flexibility index (Phi) is 6.79. The average molecular weight is 332 g/mol. The molecule has 0 aromatic heterocycles. The number of ether oxygens (including phenoxy) is 1. The molecule has 1 heterocycles. The number of para-hydroxylation sites is 1.